The number of piperidine rings is 1. The van der Waals surface area contributed by atoms with E-state index in [1.54, 1.807) is 12.1 Å². The molecule has 2 fully saturated rings. The van der Waals surface area contributed by atoms with Gasteiger partial charge in [-0.05, 0) is 55.7 Å². The highest BCUT2D eigenvalue weighted by Crippen LogP contribution is 2.40. The summed E-state index contributed by atoms with van der Waals surface area (Å²) in [7, 11) is -3.73. The zero-order valence-corrected chi connectivity index (χ0v) is 12.6. The van der Waals surface area contributed by atoms with Crippen LogP contribution in [0.5, 0.6) is 0 Å². The van der Waals surface area contributed by atoms with Crippen LogP contribution in [-0.2, 0) is 14.8 Å². The Hall–Kier alpha value is -1.40. The lowest BCUT2D eigenvalue weighted by atomic mass is 10.1. The van der Waals surface area contributed by atoms with E-state index in [0.29, 0.717) is 18.8 Å². The maximum absolute atomic E-state index is 12.7. The molecule has 21 heavy (non-hydrogen) atoms. The van der Waals surface area contributed by atoms with Gasteiger partial charge < -0.3 is 5.11 Å². The van der Waals surface area contributed by atoms with Crippen molar-refractivity contribution in [1.82, 2.24) is 4.31 Å². The number of sulfonamides is 1. The topological polar surface area (TPSA) is 74.7 Å². The molecule has 1 aliphatic carbocycles. The summed E-state index contributed by atoms with van der Waals surface area (Å²) < 4.78 is 26.5. The van der Waals surface area contributed by atoms with Crippen molar-refractivity contribution in [2.75, 3.05) is 6.54 Å². The Labute approximate surface area is 124 Å². The monoisotopic (exact) mass is 309 g/mol. The first-order valence-corrected chi connectivity index (χ1v) is 8.79. The van der Waals surface area contributed by atoms with Crippen LogP contribution in [0.2, 0.25) is 0 Å². The van der Waals surface area contributed by atoms with E-state index in [9.17, 15) is 18.3 Å². The number of rotatable bonds is 4. The second kappa shape index (κ2) is 5.42. The molecule has 1 saturated heterocycles. The van der Waals surface area contributed by atoms with Crippen molar-refractivity contribution >= 4 is 16.0 Å². The first-order valence-electron chi connectivity index (χ1n) is 7.35. The van der Waals surface area contributed by atoms with Crippen LogP contribution >= 0.6 is 0 Å². The van der Waals surface area contributed by atoms with Gasteiger partial charge in [0, 0.05) is 6.54 Å². The predicted molar refractivity (Wildman–Crippen MR) is 77.6 cm³/mol. The molecule has 3 rings (SSSR count). The van der Waals surface area contributed by atoms with E-state index < -0.39 is 22.0 Å². The van der Waals surface area contributed by atoms with Gasteiger partial charge in [-0.3, -0.25) is 4.79 Å². The summed E-state index contributed by atoms with van der Waals surface area (Å²) >= 11 is 0. The van der Waals surface area contributed by atoms with Gasteiger partial charge in [0.05, 0.1) is 4.90 Å². The molecule has 6 heteroatoms. The van der Waals surface area contributed by atoms with Crippen molar-refractivity contribution in [3.05, 3.63) is 29.8 Å². The van der Waals surface area contributed by atoms with Crippen molar-refractivity contribution in [3.8, 4) is 0 Å². The van der Waals surface area contributed by atoms with Crippen molar-refractivity contribution in [2.24, 2.45) is 0 Å². The normalized spacial score (nSPS) is 23.9. The fraction of sp³-hybridized carbons (Fsp3) is 0.533. The van der Waals surface area contributed by atoms with Gasteiger partial charge in [-0.1, -0.05) is 12.1 Å². The molecule has 1 heterocycles. The third-order valence-electron chi connectivity index (χ3n) is 4.27. The summed E-state index contributed by atoms with van der Waals surface area (Å²) in [6.07, 6.45) is 4.18. The summed E-state index contributed by atoms with van der Waals surface area (Å²) in [6.45, 7) is 0.281. The minimum absolute atomic E-state index is 0.194. The van der Waals surface area contributed by atoms with Gasteiger partial charge in [0.1, 0.15) is 6.04 Å². The third-order valence-corrected chi connectivity index (χ3v) is 6.20. The molecule has 1 atom stereocenters. The van der Waals surface area contributed by atoms with Gasteiger partial charge in [-0.25, -0.2) is 8.42 Å². The van der Waals surface area contributed by atoms with Crippen LogP contribution in [0.25, 0.3) is 0 Å². The molecular weight excluding hydrogens is 290 g/mol. The van der Waals surface area contributed by atoms with Gasteiger partial charge in [0.2, 0.25) is 10.0 Å². The van der Waals surface area contributed by atoms with E-state index in [-0.39, 0.29) is 11.4 Å². The quantitative estimate of drug-likeness (QED) is 0.925. The Kier molecular flexibility index (Phi) is 3.75. The summed E-state index contributed by atoms with van der Waals surface area (Å²) in [4.78, 5) is 11.5. The molecule has 1 saturated carbocycles. The first kappa shape index (κ1) is 14.5. The molecule has 114 valence electrons. The predicted octanol–water partition coefficient (Wildman–Crippen LogP) is 2.19. The van der Waals surface area contributed by atoms with E-state index in [2.05, 4.69) is 0 Å². The molecule has 5 nitrogen and oxygen atoms in total. The molecule has 1 aliphatic heterocycles. The smallest absolute Gasteiger partial charge is 0.322 e. The van der Waals surface area contributed by atoms with Crippen molar-refractivity contribution in [3.63, 3.8) is 0 Å². The van der Waals surface area contributed by atoms with Gasteiger partial charge in [-0.15, -0.1) is 0 Å². The highest BCUT2D eigenvalue weighted by molar-refractivity contribution is 7.89. The third kappa shape index (κ3) is 2.82. The summed E-state index contributed by atoms with van der Waals surface area (Å²) in [6, 6.07) is 5.98. The average Bonchev–Trinajstić information content (AvgIpc) is 3.32. The number of nitrogens with zero attached hydrogens (tertiary/aromatic N) is 1. The first-order chi connectivity index (χ1) is 10.00. The van der Waals surface area contributed by atoms with Crippen LogP contribution < -0.4 is 0 Å². The van der Waals surface area contributed by atoms with Gasteiger partial charge in [0.15, 0.2) is 0 Å². The van der Waals surface area contributed by atoms with Crippen molar-refractivity contribution in [1.29, 1.82) is 0 Å². The van der Waals surface area contributed by atoms with Crippen LogP contribution in [0, 0.1) is 0 Å². The van der Waals surface area contributed by atoms with E-state index in [4.69, 9.17) is 0 Å². The van der Waals surface area contributed by atoms with E-state index >= 15 is 0 Å². The zero-order chi connectivity index (χ0) is 15.0. The summed E-state index contributed by atoms with van der Waals surface area (Å²) in [5.41, 5.74) is 1.17. The van der Waals surface area contributed by atoms with E-state index in [0.717, 1.165) is 10.7 Å². The number of carboxylic acids is 1. The molecule has 0 aromatic heterocycles. The molecule has 0 amide bonds. The van der Waals surface area contributed by atoms with Crippen LogP contribution in [0.1, 0.15) is 43.6 Å². The second-order valence-electron chi connectivity index (χ2n) is 5.81. The van der Waals surface area contributed by atoms with Crippen molar-refractivity contribution in [2.45, 2.75) is 49.0 Å². The molecule has 1 N–H and O–H groups in total. The molecular formula is C15H19NO4S. The molecule has 0 bridgehead atoms. The number of hydrogen-bond donors (Lipinski definition) is 1. The maximum atomic E-state index is 12.7. The summed E-state index contributed by atoms with van der Waals surface area (Å²) in [5, 5.41) is 9.24. The minimum Gasteiger partial charge on any atom is -0.480 e. The summed E-state index contributed by atoms with van der Waals surface area (Å²) in [5.74, 6) is -0.489. The molecule has 1 unspecified atom stereocenters. The van der Waals surface area contributed by atoms with Crippen LogP contribution in [0.4, 0.5) is 0 Å². The Bertz CT molecular complexity index is 634. The van der Waals surface area contributed by atoms with Gasteiger partial charge in [0.25, 0.3) is 0 Å². The van der Waals surface area contributed by atoms with E-state index in [1.807, 2.05) is 12.1 Å². The maximum Gasteiger partial charge on any atom is 0.322 e. The van der Waals surface area contributed by atoms with Gasteiger partial charge >= 0.3 is 5.97 Å². The SMILES string of the molecule is O=C(O)C1CCCCN1S(=O)(=O)c1ccc(C2CC2)cc1. The molecule has 0 radical (unpaired) electrons. The fourth-order valence-corrected chi connectivity index (χ4v) is 4.55. The number of aliphatic carboxylic acids is 1. The lowest BCUT2D eigenvalue weighted by molar-refractivity contribution is -0.142. The Morgan fingerprint density at radius 1 is 1.10 bits per heavy atom. The number of benzene rings is 1. The second-order valence-corrected chi connectivity index (χ2v) is 7.70. The Morgan fingerprint density at radius 2 is 1.76 bits per heavy atom. The van der Waals surface area contributed by atoms with Gasteiger partial charge in [-0.2, -0.15) is 4.31 Å². The van der Waals surface area contributed by atoms with E-state index in [1.165, 1.54) is 18.4 Å². The number of carbonyl (C=O) groups is 1. The fourth-order valence-electron chi connectivity index (χ4n) is 2.90. The Balaban J connectivity index is 1.88. The molecule has 0 spiro atoms. The zero-order valence-electron chi connectivity index (χ0n) is 11.7. The number of carboxylic acid groups (broad SMARTS) is 1. The largest absolute Gasteiger partial charge is 0.480 e. The lowest BCUT2D eigenvalue weighted by Crippen LogP contribution is -2.47. The van der Waals surface area contributed by atoms with Crippen LogP contribution in [0.15, 0.2) is 29.2 Å². The molecule has 1 aromatic rings. The highest BCUT2D eigenvalue weighted by atomic mass is 32.2. The molecule has 1 aromatic carbocycles. The Morgan fingerprint density at radius 3 is 2.33 bits per heavy atom. The highest BCUT2D eigenvalue weighted by Gasteiger charge is 2.37. The van der Waals surface area contributed by atoms with Crippen molar-refractivity contribution < 1.29 is 18.3 Å². The standard InChI is InChI=1S/C15H19NO4S/c17-15(18)14-3-1-2-10-16(14)21(19,20)13-8-6-12(7-9-13)11-4-5-11/h6-9,11,14H,1-5,10H2,(H,17,18). The van der Waals surface area contributed by atoms with Crippen LogP contribution in [-0.4, -0.2) is 36.4 Å². The van der Waals surface area contributed by atoms with Crippen LogP contribution in [0.3, 0.4) is 0 Å². The lowest BCUT2D eigenvalue weighted by Gasteiger charge is -2.31. The average molecular weight is 309 g/mol. The molecule has 2 aliphatic rings. The minimum atomic E-state index is -3.73. The number of hydrogen-bond acceptors (Lipinski definition) is 3.